The van der Waals surface area contributed by atoms with Crippen molar-refractivity contribution in [2.45, 2.75) is 6.42 Å². The van der Waals surface area contributed by atoms with Crippen LogP contribution in [0.15, 0.2) is 65.2 Å². The predicted molar refractivity (Wildman–Crippen MR) is 113 cm³/mol. The number of allylic oxidation sites excluding steroid dienone is 2. The Hall–Kier alpha value is -2.73. The molecule has 2 bridgehead atoms. The van der Waals surface area contributed by atoms with E-state index in [2.05, 4.69) is 28.1 Å². The number of hydrogen-bond acceptors (Lipinski definition) is 4. The van der Waals surface area contributed by atoms with Crippen molar-refractivity contribution >= 4 is 39.4 Å². The van der Waals surface area contributed by atoms with Crippen LogP contribution in [-0.4, -0.2) is 17.8 Å². The molecular weight excluding hydrogens is 446 g/mol. The zero-order chi connectivity index (χ0) is 20.6. The highest BCUT2D eigenvalue weighted by atomic mass is 79.9. The Labute approximate surface area is 181 Å². The van der Waals surface area contributed by atoms with Gasteiger partial charge in [-0.1, -0.05) is 34.1 Å². The monoisotopic (exact) mass is 463 g/mol. The molecule has 2 aromatic carbocycles. The standard InChI is InChI=1S/C24H18BrNO4/c25-13-6-4-12(5-7-13)24(29)30-15-3-1-2-14(10-15)26-22(27)20-16-8-9-17(19-11-18(16)19)21(20)23(26)28/h1-10,16-21H,11H2/t16-,17-,18-,19-,20-,21+/m0/s1. The molecule has 6 heteroatoms. The lowest BCUT2D eigenvalue weighted by Gasteiger charge is -2.37. The number of carbonyl (C=O) groups is 3. The van der Waals surface area contributed by atoms with Gasteiger partial charge in [0.1, 0.15) is 5.75 Å². The summed E-state index contributed by atoms with van der Waals surface area (Å²) < 4.78 is 6.36. The van der Waals surface area contributed by atoms with Gasteiger partial charge in [-0.25, -0.2) is 9.69 Å². The minimum atomic E-state index is -0.491. The summed E-state index contributed by atoms with van der Waals surface area (Å²) in [4.78, 5) is 40.2. The lowest BCUT2D eigenvalue weighted by atomic mass is 9.63. The number of imide groups is 1. The van der Waals surface area contributed by atoms with E-state index in [0.717, 1.165) is 10.9 Å². The molecule has 5 aliphatic rings. The van der Waals surface area contributed by atoms with Gasteiger partial charge in [0.15, 0.2) is 0 Å². The molecule has 3 fully saturated rings. The summed E-state index contributed by atoms with van der Waals surface area (Å²) in [7, 11) is 0. The van der Waals surface area contributed by atoms with Crippen LogP contribution in [0.2, 0.25) is 0 Å². The number of hydrogen-bond donors (Lipinski definition) is 0. The summed E-state index contributed by atoms with van der Waals surface area (Å²) in [5, 5.41) is 0. The lowest BCUT2D eigenvalue weighted by molar-refractivity contribution is -0.124. The second kappa shape index (κ2) is 6.38. The molecule has 1 heterocycles. The smallest absolute Gasteiger partial charge is 0.343 e. The summed E-state index contributed by atoms with van der Waals surface area (Å²) >= 11 is 3.34. The SMILES string of the molecule is O=C(Oc1cccc(N2C(=O)[C@@H]3[C@H]4C=C[C@@H]([C@@H]5C[C@@H]45)[C@@H]3C2=O)c1)c1ccc(Br)cc1. The average Bonchev–Trinajstić information content (AvgIpc) is 3.52. The average molecular weight is 464 g/mol. The van der Waals surface area contributed by atoms with Gasteiger partial charge in [-0.3, -0.25) is 9.59 Å². The van der Waals surface area contributed by atoms with E-state index in [9.17, 15) is 14.4 Å². The van der Waals surface area contributed by atoms with E-state index < -0.39 is 5.97 Å². The van der Waals surface area contributed by atoms with Gasteiger partial charge in [0.2, 0.25) is 11.8 Å². The van der Waals surface area contributed by atoms with Crippen LogP contribution in [0.25, 0.3) is 0 Å². The maximum Gasteiger partial charge on any atom is 0.343 e. The van der Waals surface area contributed by atoms with Crippen molar-refractivity contribution in [3.05, 3.63) is 70.7 Å². The zero-order valence-electron chi connectivity index (χ0n) is 15.9. The van der Waals surface area contributed by atoms with Crippen molar-refractivity contribution in [3.63, 3.8) is 0 Å². The van der Waals surface area contributed by atoms with E-state index in [1.165, 1.54) is 4.90 Å². The Kier molecular flexibility index (Phi) is 3.84. The van der Waals surface area contributed by atoms with Gasteiger partial charge in [0, 0.05) is 10.5 Å². The lowest BCUT2D eigenvalue weighted by Crippen LogP contribution is -2.40. The van der Waals surface area contributed by atoms with Crippen LogP contribution in [0.3, 0.4) is 0 Å². The van der Waals surface area contributed by atoms with Crippen molar-refractivity contribution in [2.24, 2.45) is 35.5 Å². The molecule has 5 nitrogen and oxygen atoms in total. The molecule has 2 saturated carbocycles. The molecule has 0 unspecified atom stereocenters. The normalized spacial score (nSPS) is 32.8. The maximum absolute atomic E-state index is 13.3. The van der Waals surface area contributed by atoms with E-state index in [1.54, 1.807) is 48.5 Å². The Bertz CT molecular complexity index is 1090. The van der Waals surface area contributed by atoms with Crippen LogP contribution < -0.4 is 9.64 Å². The number of amides is 2. The molecule has 1 aliphatic heterocycles. The summed E-state index contributed by atoms with van der Waals surface area (Å²) in [5.74, 6) is 0.587. The zero-order valence-corrected chi connectivity index (χ0v) is 17.5. The van der Waals surface area contributed by atoms with Crippen LogP contribution in [0.5, 0.6) is 5.75 Å². The first kappa shape index (κ1) is 18.1. The number of halogens is 1. The number of carbonyl (C=O) groups excluding carboxylic acids is 3. The number of ether oxygens (including phenoxy) is 1. The van der Waals surface area contributed by atoms with Crippen LogP contribution in [-0.2, 0) is 9.59 Å². The molecular formula is C24H18BrNO4. The number of esters is 1. The molecule has 2 amide bonds. The molecule has 0 radical (unpaired) electrons. The van der Waals surface area contributed by atoms with Crippen LogP contribution in [0.1, 0.15) is 16.8 Å². The van der Waals surface area contributed by atoms with Gasteiger partial charge < -0.3 is 4.74 Å². The molecule has 7 rings (SSSR count). The van der Waals surface area contributed by atoms with E-state index >= 15 is 0 Å². The minimum Gasteiger partial charge on any atom is -0.423 e. The minimum absolute atomic E-state index is 0.119. The fraction of sp³-hybridized carbons (Fsp3) is 0.292. The Morgan fingerprint density at radius 3 is 2.20 bits per heavy atom. The Morgan fingerprint density at radius 2 is 1.57 bits per heavy atom. The third-order valence-corrected chi connectivity index (χ3v) is 7.56. The Morgan fingerprint density at radius 1 is 0.933 bits per heavy atom. The molecule has 6 atom stereocenters. The summed E-state index contributed by atoms with van der Waals surface area (Å²) in [6, 6.07) is 13.5. The third-order valence-electron chi connectivity index (χ3n) is 7.03. The second-order valence-electron chi connectivity index (χ2n) is 8.56. The number of rotatable bonds is 3. The maximum atomic E-state index is 13.3. The molecule has 0 N–H and O–H groups in total. The second-order valence-corrected chi connectivity index (χ2v) is 9.48. The third kappa shape index (κ3) is 2.56. The number of nitrogens with zero attached hydrogens (tertiary/aromatic N) is 1. The number of anilines is 1. The first-order chi connectivity index (χ1) is 14.5. The van der Waals surface area contributed by atoms with Crippen LogP contribution in [0.4, 0.5) is 5.69 Å². The van der Waals surface area contributed by atoms with Gasteiger partial charge in [-0.15, -0.1) is 0 Å². The molecule has 2 aromatic rings. The van der Waals surface area contributed by atoms with E-state index in [-0.39, 0.29) is 35.5 Å². The van der Waals surface area contributed by atoms with Crippen molar-refractivity contribution in [3.8, 4) is 5.75 Å². The first-order valence-electron chi connectivity index (χ1n) is 10.2. The van der Waals surface area contributed by atoms with E-state index in [0.29, 0.717) is 28.8 Å². The van der Waals surface area contributed by atoms with E-state index in [4.69, 9.17) is 4.74 Å². The van der Waals surface area contributed by atoms with Crippen LogP contribution in [0, 0.1) is 35.5 Å². The van der Waals surface area contributed by atoms with Crippen molar-refractivity contribution in [1.29, 1.82) is 0 Å². The fourth-order valence-corrected chi connectivity index (χ4v) is 5.91. The van der Waals surface area contributed by atoms with Crippen molar-refractivity contribution in [2.75, 3.05) is 4.90 Å². The first-order valence-corrected chi connectivity index (χ1v) is 11.0. The Balaban J connectivity index is 1.27. The van der Waals surface area contributed by atoms with Gasteiger partial charge in [0.25, 0.3) is 0 Å². The molecule has 0 spiro atoms. The molecule has 1 saturated heterocycles. The predicted octanol–water partition coefficient (Wildman–Crippen LogP) is 4.23. The summed E-state index contributed by atoms with van der Waals surface area (Å²) in [6.45, 7) is 0. The van der Waals surface area contributed by atoms with Gasteiger partial charge >= 0.3 is 5.97 Å². The highest BCUT2D eigenvalue weighted by Crippen LogP contribution is 2.65. The molecule has 4 aliphatic carbocycles. The topological polar surface area (TPSA) is 63.7 Å². The highest BCUT2D eigenvalue weighted by Gasteiger charge is 2.67. The van der Waals surface area contributed by atoms with Crippen molar-refractivity contribution in [1.82, 2.24) is 0 Å². The molecule has 150 valence electrons. The van der Waals surface area contributed by atoms with E-state index in [1.807, 2.05) is 0 Å². The quantitative estimate of drug-likeness (QED) is 0.295. The molecule has 0 aromatic heterocycles. The van der Waals surface area contributed by atoms with Crippen molar-refractivity contribution < 1.29 is 19.1 Å². The molecule has 30 heavy (non-hydrogen) atoms. The highest BCUT2D eigenvalue weighted by molar-refractivity contribution is 9.10. The van der Waals surface area contributed by atoms with Gasteiger partial charge in [0.05, 0.1) is 23.1 Å². The van der Waals surface area contributed by atoms with Gasteiger partial charge in [-0.05, 0) is 66.5 Å². The largest absolute Gasteiger partial charge is 0.423 e. The van der Waals surface area contributed by atoms with Crippen LogP contribution >= 0.6 is 15.9 Å². The summed E-state index contributed by atoms with van der Waals surface area (Å²) in [5.41, 5.74) is 0.887. The fourth-order valence-electron chi connectivity index (χ4n) is 5.65. The summed E-state index contributed by atoms with van der Waals surface area (Å²) in [6.07, 6.45) is 5.45. The van der Waals surface area contributed by atoms with Gasteiger partial charge in [-0.2, -0.15) is 0 Å². The number of benzene rings is 2.